The molecule has 0 radical (unpaired) electrons. The zero-order valence-corrected chi connectivity index (χ0v) is 7.43. The lowest BCUT2D eigenvalue weighted by Gasteiger charge is -2.31. The second-order valence-corrected chi connectivity index (χ2v) is 4.97. The lowest BCUT2D eigenvalue weighted by molar-refractivity contribution is 0.214. The Bertz CT molecular complexity index is 160. The third kappa shape index (κ3) is 1.60. The Morgan fingerprint density at radius 3 is 2.80 bits per heavy atom. The summed E-state index contributed by atoms with van der Waals surface area (Å²) in [5.74, 6) is 0. The maximum Gasteiger partial charge on any atom is 0.269 e. The van der Waals surface area contributed by atoms with Crippen LogP contribution in [0.1, 0.15) is 13.3 Å². The van der Waals surface area contributed by atoms with Crippen molar-refractivity contribution in [2.75, 3.05) is 26.4 Å². The Kier molecular flexibility index (Phi) is 2.50. The second-order valence-electron chi connectivity index (χ2n) is 2.54. The minimum atomic E-state index is -2.36. The SMILES string of the molecule is CCN1CCCO[P@]1(C)=O. The molecule has 1 fully saturated rings. The van der Waals surface area contributed by atoms with Crippen molar-refractivity contribution in [1.82, 2.24) is 4.67 Å². The van der Waals surface area contributed by atoms with Crippen molar-refractivity contribution in [3.63, 3.8) is 0 Å². The van der Waals surface area contributed by atoms with Gasteiger partial charge in [-0.3, -0.25) is 4.57 Å². The van der Waals surface area contributed by atoms with Crippen LogP contribution in [0.3, 0.4) is 0 Å². The van der Waals surface area contributed by atoms with Crippen LogP contribution in [0.5, 0.6) is 0 Å². The smallest absolute Gasteiger partial charge is 0.269 e. The lowest BCUT2D eigenvalue weighted by atomic mass is 10.4. The van der Waals surface area contributed by atoms with Gasteiger partial charge < -0.3 is 4.52 Å². The normalized spacial score (nSPS) is 36.2. The standard InChI is InChI=1S/C6H14NO2P/c1-3-7-5-4-6-9-10(7,2)8/h3-6H2,1-2H3/t10-/m0/s1. The van der Waals surface area contributed by atoms with Gasteiger partial charge >= 0.3 is 0 Å². The average Bonchev–Trinajstić information content (AvgIpc) is 1.87. The number of hydrogen-bond donors (Lipinski definition) is 0. The summed E-state index contributed by atoms with van der Waals surface area (Å²) in [5, 5.41) is 0. The fourth-order valence-electron chi connectivity index (χ4n) is 1.16. The molecule has 3 nitrogen and oxygen atoms in total. The monoisotopic (exact) mass is 163 g/mol. The summed E-state index contributed by atoms with van der Waals surface area (Å²) in [6.45, 7) is 6.10. The third-order valence-electron chi connectivity index (χ3n) is 1.77. The summed E-state index contributed by atoms with van der Waals surface area (Å²) in [6.07, 6.45) is 1.01. The molecule has 0 aliphatic carbocycles. The van der Waals surface area contributed by atoms with Crippen LogP contribution in [0.15, 0.2) is 0 Å². The predicted molar refractivity (Wildman–Crippen MR) is 41.3 cm³/mol. The van der Waals surface area contributed by atoms with E-state index in [-0.39, 0.29) is 0 Å². The van der Waals surface area contributed by atoms with Gasteiger partial charge in [0.05, 0.1) is 6.61 Å². The predicted octanol–water partition coefficient (Wildman–Crippen LogP) is 1.55. The van der Waals surface area contributed by atoms with Crippen LogP contribution in [0.4, 0.5) is 0 Å². The molecule has 1 saturated heterocycles. The van der Waals surface area contributed by atoms with E-state index >= 15 is 0 Å². The van der Waals surface area contributed by atoms with E-state index in [2.05, 4.69) is 0 Å². The Morgan fingerprint density at radius 1 is 1.70 bits per heavy atom. The Balaban J connectivity index is 2.60. The summed E-state index contributed by atoms with van der Waals surface area (Å²) < 4.78 is 18.6. The molecule has 0 spiro atoms. The summed E-state index contributed by atoms with van der Waals surface area (Å²) >= 11 is 0. The van der Waals surface area contributed by atoms with Crippen LogP contribution in [0, 0.1) is 0 Å². The molecule has 0 bridgehead atoms. The average molecular weight is 163 g/mol. The minimum Gasteiger partial charge on any atom is -0.318 e. The van der Waals surface area contributed by atoms with Crippen molar-refractivity contribution in [2.24, 2.45) is 0 Å². The zero-order valence-electron chi connectivity index (χ0n) is 6.54. The van der Waals surface area contributed by atoms with E-state index in [0.29, 0.717) is 6.61 Å². The van der Waals surface area contributed by atoms with E-state index in [9.17, 15) is 4.57 Å². The first-order valence-corrected chi connectivity index (χ1v) is 5.67. The molecule has 0 aromatic rings. The maximum absolute atomic E-state index is 11.5. The largest absolute Gasteiger partial charge is 0.318 e. The first-order valence-electron chi connectivity index (χ1n) is 3.64. The molecule has 1 rings (SSSR count). The van der Waals surface area contributed by atoms with Gasteiger partial charge in [-0.1, -0.05) is 6.92 Å². The van der Waals surface area contributed by atoms with E-state index in [4.69, 9.17) is 4.52 Å². The van der Waals surface area contributed by atoms with Gasteiger partial charge in [0.1, 0.15) is 0 Å². The zero-order chi connectivity index (χ0) is 7.61. The Morgan fingerprint density at radius 2 is 2.40 bits per heavy atom. The molecule has 0 aromatic heterocycles. The van der Waals surface area contributed by atoms with Gasteiger partial charge in [-0.25, -0.2) is 4.67 Å². The van der Waals surface area contributed by atoms with Gasteiger partial charge in [-0.15, -0.1) is 0 Å². The summed E-state index contributed by atoms with van der Waals surface area (Å²) in [5.41, 5.74) is 0. The molecule has 0 aromatic carbocycles. The van der Waals surface area contributed by atoms with Gasteiger partial charge in [-0.05, 0) is 6.42 Å². The molecule has 1 aliphatic heterocycles. The highest BCUT2D eigenvalue weighted by Gasteiger charge is 2.27. The molecule has 10 heavy (non-hydrogen) atoms. The summed E-state index contributed by atoms with van der Waals surface area (Å²) in [4.78, 5) is 0. The molecule has 4 heteroatoms. The van der Waals surface area contributed by atoms with Crippen LogP contribution in [0.25, 0.3) is 0 Å². The Labute approximate surface area is 61.9 Å². The van der Waals surface area contributed by atoms with Gasteiger partial charge in [0, 0.05) is 19.8 Å². The highest BCUT2D eigenvalue weighted by molar-refractivity contribution is 7.55. The number of nitrogens with zero attached hydrogens (tertiary/aromatic N) is 1. The molecule has 60 valence electrons. The molecule has 0 unspecified atom stereocenters. The molecule has 1 heterocycles. The van der Waals surface area contributed by atoms with Crippen LogP contribution in [0.2, 0.25) is 0 Å². The number of hydrogen-bond acceptors (Lipinski definition) is 2. The van der Waals surface area contributed by atoms with E-state index in [1.54, 1.807) is 6.66 Å². The van der Waals surface area contributed by atoms with Gasteiger partial charge in [0.2, 0.25) is 0 Å². The van der Waals surface area contributed by atoms with E-state index in [0.717, 1.165) is 19.5 Å². The van der Waals surface area contributed by atoms with Crippen molar-refractivity contribution >= 4 is 7.52 Å². The van der Waals surface area contributed by atoms with Gasteiger partial charge in [0.15, 0.2) is 0 Å². The first-order chi connectivity index (χ1) is 4.67. The van der Waals surface area contributed by atoms with Crippen LogP contribution < -0.4 is 0 Å². The summed E-state index contributed by atoms with van der Waals surface area (Å²) in [7, 11) is -2.36. The molecule has 0 saturated carbocycles. The highest BCUT2D eigenvalue weighted by Crippen LogP contribution is 2.48. The van der Waals surface area contributed by atoms with Crippen molar-refractivity contribution in [3.8, 4) is 0 Å². The third-order valence-corrected chi connectivity index (χ3v) is 3.94. The quantitative estimate of drug-likeness (QED) is 0.549. The van der Waals surface area contributed by atoms with Crippen LogP contribution >= 0.6 is 7.52 Å². The van der Waals surface area contributed by atoms with Gasteiger partial charge in [-0.2, -0.15) is 0 Å². The number of rotatable bonds is 1. The van der Waals surface area contributed by atoms with Crippen molar-refractivity contribution in [3.05, 3.63) is 0 Å². The van der Waals surface area contributed by atoms with E-state index in [1.807, 2.05) is 11.6 Å². The molecule has 1 atom stereocenters. The first kappa shape index (κ1) is 8.25. The molecule has 0 N–H and O–H groups in total. The second kappa shape index (κ2) is 3.04. The van der Waals surface area contributed by atoms with Crippen molar-refractivity contribution < 1.29 is 9.09 Å². The molecule has 1 aliphatic rings. The fourth-order valence-corrected chi connectivity index (χ4v) is 2.81. The van der Waals surface area contributed by atoms with E-state index in [1.165, 1.54) is 0 Å². The van der Waals surface area contributed by atoms with Crippen LogP contribution in [-0.2, 0) is 9.09 Å². The van der Waals surface area contributed by atoms with E-state index < -0.39 is 7.52 Å². The van der Waals surface area contributed by atoms with Gasteiger partial charge in [0.25, 0.3) is 7.52 Å². The molecular weight excluding hydrogens is 149 g/mol. The highest BCUT2D eigenvalue weighted by atomic mass is 31.2. The van der Waals surface area contributed by atoms with Crippen molar-refractivity contribution in [1.29, 1.82) is 0 Å². The van der Waals surface area contributed by atoms with Crippen molar-refractivity contribution in [2.45, 2.75) is 13.3 Å². The maximum atomic E-state index is 11.5. The lowest BCUT2D eigenvalue weighted by Crippen LogP contribution is -2.27. The Hall–Kier alpha value is 0.150. The summed E-state index contributed by atoms with van der Waals surface area (Å²) in [6, 6.07) is 0. The minimum absolute atomic E-state index is 0.657. The topological polar surface area (TPSA) is 29.5 Å². The van der Waals surface area contributed by atoms with Crippen LogP contribution in [-0.4, -0.2) is 31.0 Å². The molecule has 0 amide bonds. The fraction of sp³-hybridized carbons (Fsp3) is 1.00. The molecular formula is C6H14NO2P.